The normalized spacial score (nSPS) is 9.92. The van der Waals surface area contributed by atoms with Gasteiger partial charge in [-0.2, -0.15) is 0 Å². The largest absolute Gasteiger partial charge is 0.507 e. The molecule has 12 N–H and O–H groups in total. The first kappa shape index (κ1) is 50.1. The smallest absolute Gasteiger partial charge is 0.339 e. The van der Waals surface area contributed by atoms with Crippen molar-refractivity contribution < 1.29 is 90.0 Å². The summed E-state index contributed by atoms with van der Waals surface area (Å²) in [7, 11) is 0. The molecule has 0 amide bonds. The van der Waals surface area contributed by atoms with Gasteiger partial charge in [0.05, 0.1) is 0 Å². The van der Waals surface area contributed by atoms with Crippen molar-refractivity contribution in [3.8, 4) is 67.9 Å². The highest BCUT2D eigenvalue weighted by Crippen LogP contribution is 2.34. The third-order valence-electron chi connectivity index (χ3n) is 8.69. The highest BCUT2D eigenvalue weighted by molar-refractivity contribution is 5.97. The van der Waals surface area contributed by atoms with Gasteiger partial charge in [0.1, 0.15) is 67.9 Å². The number of benzene rings is 6. The van der Waals surface area contributed by atoms with Gasteiger partial charge in [-0.3, -0.25) is 0 Å². The van der Waals surface area contributed by atoms with E-state index in [2.05, 4.69) is 0 Å². The zero-order valence-corrected chi connectivity index (χ0v) is 31.1. The Kier molecular flexibility index (Phi) is 16.5. The molecule has 0 bridgehead atoms. The molecule has 0 aliphatic heterocycles. The fourth-order valence-electron chi connectivity index (χ4n) is 5.61. The molecule has 0 atom stereocenters. The molecule has 18 nitrogen and oxygen atoms in total. The molecule has 0 fully saturated rings. The van der Waals surface area contributed by atoms with Crippen LogP contribution >= 0.6 is 0 Å². The second-order valence-electron chi connectivity index (χ2n) is 12.7. The maximum atomic E-state index is 11.1. The summed E-state index contributed by atoms with van der Waals surface area (Å²) in [6, 6.07) is 22.2. The molecule has 0 heterocycles. The lowest BCUT2D eigenvalue weighted by molar-refractivity contribution is 0.0682. The van der Waals surface area contributed by atoms with Crippen molar-refractivity contribution in [2.75, 3.05) is 0 Å². The van der Waals surface area contributed by atoms with Crippen molar-refractivity contribution in [1.82, 2.24) is 0 Å². The monoisotopic (exact) mass is 868 g/mol. The lowest BCUT2D eigenvalue weighted by Gasteiger charge is -2.10. The van der Waals surface area contributed by atoms with E-state index in [1.165, 1.54) is 103 Å². The summed E-state index contributed by atoms with van der Waals surface area (Å²) in [6.07, 6.45) is 0. The van der Waals surface area contributed by atoms with Gasteiger partial charge < -0.3 is 61.3 Å². The lowest BCUT2D eigenvalue weighted by Crippen LogP contribution is -2.00. The molecular weight excluding hydrogens is 828 g/mol. The first-order valence-corrected chi connectivity index (χ1v) is 17.0. The summed E-state index contributed by atoms with van der Waals surface area (Å²) < 4.78 is 0. The van der Waals surface area contributed by atoms with Gasteiger partial charge in [0.2, 0.25) is 0 Å². The fraction of sp³-hybridized carbons (Fsp3) is 0.0667. The summed E-state index contributed by atoms with van der Waals surface area (Å²) in [5, 5.41) is 111. The van der Waals surface area contributed by atoms with E-state index in [9.17, 15) is 59.4 Å². The summed E-state index contributed by atoms with van der Waals surface area (Å²) in [4.78, 5) is 65.5. The Bertz CT molecular complexity index is 2630. The number of aromatic carboxylic acids is 6. The highest BCUT2D eigenvalue weighted by atomic mass is 16.4. The molecule has 0 aliphatic rings. The van der Waals surface area contributed by atoms with E-state index in [0.717, 1.165) is 0 Å². The number of carbonyl (C=O) groups is 6. The standard InChI is InChI=1S/C15H12O6.2C14H10O6.2CH4/c1-7-4-13(17)11(15(20)21)6-9(7)8-2-3-12(16)10(5-8)14(18)19;15-11-3-1-7(5-9(11)13(17)18)8-2-4-12(16)10(6-8)14(19)20;15-11-5-7(1-3-9(11)13(17)18)8-2-4-10(14(19)20)12(16)6-8;;/h2-6,16-17H,1H3,(H,18,19)(H,20,21);2*1-6,15-16H,(H,17,18)(H,19,20);2*1H4. The van der Waals surface area contributed by atoms with E-state index in [-0.39, 0.29) is 71.2 Å². The zero-order chi connectivity index (χ0) is 45.5. The Morgan fingerprint density at radius 1 is 0.302 bits per heavy atom. The Labute approximate surface area is 357 Å². The first-order chi connectivity index (χ1) is 28.6. The van der Waals surface area contributed by atoms with Gasteiger partial charge in [0, 0.05) is 0 Å². The van der Waals surface area contributed by atoms with E-state index in [4.69, 9.17) is 30.6 Å². The average Bonchev–Trinajstić information content (AvgIpc) is 3.18. The summed E-state index contributed by atoms with van der Waals surface area (Å²) >= 11 is 0. The third kappa shape index (κ3) is 11.8. The maximum Gasteiger partial charge on any atom is 0.339 e. The Balaban J connectivity index is 0.000000320. The Morgan fingerprint density at radius 2 is 0.556 bits per heavy atom. The van der Waals surface area contributed by atoms with Crippen LogP contribution in [0.5, 0.6) is 34.5 Å². The van der Waals surface area contributed by atoms with E-state index in [1.54, 1.807) is 6.92 Å². The van der Waals surface area contributed by atoms with Crippen molar-refractivity contribution in [3.63, 3.8) is 0 Å². The number of aromatic hydroxyl groups is 6. The SMILES string of the molecule is C.C.Cc1cc(O)c(C(=O)O)cc1-c1ccc(O)c(C(=O)O)c1.O=C(O)c1cc(-c2ccc(O)c(C(=O)O)c2)ccc1O.O=C(O)c1ccc(-c2ccc(C(=O)O)c(O)c2)cc1O. The molecule has 0 unspecified atom stereocenters. The summed E-state index contributed by atoms with van der Waals surface area (Å²) in [5.74, 6) is -9.96. The van der Waals surface area contributed by atoms with Crippen LogP contribution in [0.15, 0.2) is 103 Å². The van der Waals surface area contributed by atoms with Gasteiger partial charge in [-0.15, -0.1) is 0 Å². The van der Waals surface area contributed by atoms with Crippen molar-refractivity contribution >= 4 is 35.8 Å². The maximum absolute atomic E-state index is 11.1. The number of hydrogen-bond donors (Lipinski definition) is 12. The minimum atomic E-state index is -1.29. The molecule has 63 heavy (non-hydrogen) atoms. The number of phenols is 6. The predicted octanol–water partition coefficient (Wildman–Crippen LogP) is 8.06. The molecule has 0 aliphatic carbocycles. The molecule has 0 spiro atoms. The van der Waals surface area contributed by atoms with Crippen LogP contribution in [0.3, 0.4) is 0 Å². The Morgan fingerprint density at radius 3 is 0.873 bits per heavy atom. The highest BCUT2D eigenvalue weighted by Gasteiger charge is 2.18. The van der Waals surface area contributed by atoms with Gasteiger partial charge in [0.25, 0.3) is 0 Å². The minimum Gasteiger partial charge on any atom is -0.507 e. The number of carboxylic acids is 6. The second-order valence-corrected chi connectivity index (χ2v) is 12.7. The van der Waals surface area contributed by atoms with Crippen molar-refractivity contribution in [2.45, 2.75) is 21.8 Å². The minimum absolute atomic E-state index is 0. The van der Waals surface area contributed by atoms with Crippen LogP contribution in [0, 0.1) is 6.92 Å². The molecule has 6 rings (SSSR count). The van der Waals surface area contributed by atoms with Crippen LogP contribution in [-0.4, -0.2) is 97.1 Å². The van der Waals surface area contributed by atoms with Gasteiger partial charge in [-0.05, 0) is 119 Å². The van der Waals surface area contributed by atoms with E-state index >= 15 is 0 Å². The van der Waals surface area contributed by atoms with E-state index < -0.39 is 47.3 Å². The third-order valence-corrected chi connectivity index (χ3v) is 8.69. The number of carboxylic acid groups (broad SMARTS) is 6. The van der Waals surface area contributed by atoms with Crippen LogP contribution in [0.2, 0.25) is 0 Å². The van der Waals surface area contributed by atoms with Gasteiger partial charge in [0.15, 0.2) is 0 Å². The summed E-state index contributed by atoms with van der Waals surface area (Å²) in [6.45, 7) is 1.66. The lowest BCUT2D eigenvalue weighted by atomic mass is 9.96. The first-order valence-electron chi connectivity index (χ1n) is 17.0. The molecule has 18 heteroatoms. The second kappa shape index (κ2) is 20.8. The van der Waals surface area contributed by atoms with Gasteiger partial charge >= 0.3 is 35.8 Å². The predicted molar refractivity (Wildman–Crippen MR) is 226 cm³/mol. The van der Waals surface area contributed by atoms with Crippen LogP contribution in [-0.2, 0) is 0 Å². The number of hydrogen-bond acceptors (Lipinski definition) is 12. The molecule has 0 saturated carbocycles. The molecule has 0 saturated heterocycles. The van der Waals surface area contributed by atoms with E-state index in [0.29, 0.717) is 38.9 Å². The van der Waals surface area contributed by atoms with Gasteiger partial charge in [-0.25, -0.2) is 28.8 Å². The van der Waals surface area contributed by atoms with Crippen molar-refractivity contribution in [2.24, 2.45) is 0 Å². The zero-order valence-electron chi connectivity index (χ0n) is 31.1. The van der Waals surface area contributed by atoms with Crippen LogP contribution in [0.4, 0.5) is 0 Å². The molecule has 6 aromatic rings. The Hall–Kier alpha value is -9.06. The van der Waals surface area contributed by atoms with Gasteiger partial charge in [-0.1, -0.05) is 45.2 Å². The molecule has 0 radical (unpaired) electrons. The van der Waals surface area contributed by atoms with Crippen molar-refractivity contribution in [1.29, 1.82) is 0 Å². The molecule has 6 aromatic carbocycles. The average molecular weight is 869 g/mol. The fourth-order valence-corrected chi connectivity index (χ4v) is 5.61. The van der Waals surface area contributed by atoms with E-state index in [1.807, 2.05) is 0 Å². The quantitative estimate of drug-likeness (QED) is 0.0653. The van der Waals surface area contributed by atoms with Crippen LogP contribution in [0.25, 0.3) is 33.4 Å². The molecular formula is C45H40O18. The van der Waals surface area contributed by atoms with Crippen LogP contribution in [0.1, 0.15) is 82.6 Å². The molecule has 0 aromatic heterocycles. The summed E-state index contributed by atoms with van der Waals surface area (Å²) in [5.41, 5.74) is 1.64. The van der Waals surface area contributed by atoms with Crippen LogP contribution < -0.4 is 0 Å². The molecule has 328 valence electrons. The number of aryl methyl sites for hydroxylation is 1. The number of rotatable bonds is 9. The topological polar surface area (TPSA) is 345 Å². The van der Waals surface area contributed by atoms with Crippen molar-refractivity contribution in [3.05, 3.63) is 142 Å².